The van der Waals surface area contributed by atoms with Crippen molar-refractivity contribution in [2.45, 2.75) is 12.8 Å². The number of aromatic amines is 1. The van der Waals surface area contributed by atoms with Gasteiger partial charge in [0.05, 0.1) is 0 Å². The van der Waals surface area contributed by atoms with Crippen LogP contribution >= 0.6 is 0 Å². The Kier molecular flexibility index (Phi) is 5.47. The van der Waals surface area contributed by atoms with E-state index in [0.717, 1.165) is 33.9 Å². The van der Waals surface area contributed by atoms with Crippen molar-refractivity contribution in [3.05, 3.63) is 108 Å². The number of hydrogen-bond acceptors (Lipinski definition) is 4. The largest absolute Gasteiger partial charge is 0.399 e. The molecule has 0 amide bonds. The highest BCUT2D eigenvalue weighted by Gasteiger charge is 2.15. The molecule has 5 heteroatoms. The second kappa shape index (κ2) is 8.52. The number of nitrogens with zero attached hydrogens (tertiary/aromatic N) is 3. The highest BCUT2D eigenvalue weighted by molar-refractivity contribution is 6.12. The van der Waals surface area contributed by atoms with E-state index in [9.17, 15) is 0 Å². The van der Waals surface area contributed by atoms with Crippen molar-refractivity contribution < 1.29 is 4.84 Å². The number of benzene rings is 2. The van der Waals surface area contributed by atoms with Crippen LogP contribution in [0.15, 0.2) is 90.5 Å². The Bertz CT molecular complexity index is 1100. The van der Waals surface area contributed by atoms with Crippen molar-refractivity contribution in [1.29, 1.82) is 0 Å². The molecule has 0 radical (unpaired) electrons. The maximum Gasteiger partial charge on any atom is 0.137 e. The lowest BCUT2D eigenvalue weighted by Gasteiger charge is -2.13. The number of aromatic nitrogens is 3. The normalized spacial score (nSPS) is 12.6. The monoisotopic (exact) mass is 382 g/mol. The zero-order valence-corrected chi connectivity index (χ0v) is 16.4. The Balaban J connectivity index is 1.65. The third kappa shape index (κ3) is 4.09. The molecule has 1 atom stereocenters. The maximum absolute atomic E-state index is 5.12. The van der Waals surface area contributed by atoms with E-state index < -0.39 is 0 Å². The smallest absolute Gasteiger partial charge is 0.137 e. The predicted octanol–water partition coefficient (Wildman–Crippen LogP) is 5.02. The molecule has 0 saturated heterocycles. The van der Waals surface area contributed by atoms with E-state index in [4.69, 9.17) is 4.84 Å². The van der Waals surface area contributed by atoms with Gasteiger partial charge < -0.3 is 9.82 Å². The summed E-state index contributed by atoms with van der Waals surface area (Å²) in [5.41, 5.74) is 6.08. The van der Waals surface area contributed by atoms with Crippen LogP contribution in [0.3, 0.4) is 0 Å². The Morgan fingerprint density at radius 1 is 0.966 bits per heavy atom. The summed E-state index contributed by atoms with van der Waals surface area (Å²) in [5.74, 6) is 0.994. The minimum absolute atomic E-state index is 0.151. The summed E-state index contributed by atoms with van der Waals surface area (Å²) in [4.78, 5) is 17.2. The standard InChI is InChI=1S/C24H22N4O/c1-17(22-16-26-24(27-22)19-11-13-25-14-12-19)20-9-6-10-21(15-20)23(28-29-2)18-7-4-3-5-8-18/h3-17H,1-2H3,(H,26,27). The second-order valence-corrected chi connectivity index (χ2v) is 6.76. The van der Waals surface area contributed by atoms with Crippen molar-refractivity contribution in [2.24, 2.45) is 5.16 Å². The summed E-state index contributed by atoms with van der Waals surface area (Å²) in [6, 6.07) is 22.3. The van der Waals surface area contributed by atoms with Gasteiger partial charge in [-0.2, -0.15) is 0 Å². The molecule has 0 fully saturated rings. The first kappa shape index (κ1) is 18.6. The Hall–Kier alpha value is -3.73. The van der Waals surface area contributed by atoms with E-state index in [1.165, 1.54) is 5.56 Å². The molecule has 4 rings (SSSR count). The number of rotatable bonds is 6. The van der Waals surface area contributed by atoms with Crippen LogP contribution in [-0.4, -0.2) is 27.8 Å². The van der Waals surface area contributed by atoms with Gasteiger partial charge in [-0.05, 0) is 23.8 Å². The van der Waals surface area contributed by atoms with Crippen molar-refractivity contribution in [3.63, 3.8) is 0 Å². The quantitative estimate of drug-likeness (QED) is 0.376. The first-order valence-electron chi connectivity index (χ1n) is 9.48. The highest BCUT2D eigenvalue weighted by atomic mass is 16.6. The van der Waals surface area contributed by atoms with E-state index in [-0.39, 0.29) is 5.92 Å². The lowest BCUT2D eigenvalue weighted by Crippen LogP contribution is -2.06. The fraction of sp³-hybridized carbons (Fsp3) is 0.125. The van der Waals surface area contributed by atoms with Crippen LogP contribution in [0.25, 0.3) is 11.4 Å². The van der Waals surface area contributed by atoms with Gasteiger partial charge in [0.15, 0.2) is 0 Å². The third-order valence-corrected chi connectivity index (χ3v) is 4.91. The SMILES string of the molecule is CON=C(c1ccccc1)c1cccc(C(C)c2cnc(-c3ccncc3)[nH]2)c1. The van der Waals surface area contributed by atoms with Gasteiger partial charge in [-0.3, -0.25) is 4.98 Å². The fourth-order valence-corrected chi connectivity index (χ4v) is 3.31. The van der Waals surface area contributed by atoms with Gasteiger partial charge in [0.1, 0.15) is 18.6 Å². The Morgan fingerprint density at radius 2 is 1.72 bits per heavy atom. The van der Waals surface area contributed by atoms with Gasteiger partial charge in [0.2, 0.25) is 0 Å². The molecule has 1 N–H and O–H groups in total. The number of H-pyrrole nitrogens is 1. The molecular formula is C24H22N4O. The van der Waals surface area contributed by atoms with Crippen LogP contribution in [0, 0.1) is 0 Å². The predicted molar refractivity (Wildman–Crippen MR) is 115 cm³/mol. The van der Waals surface area contributed by atoms with Crippen LogP contribution in [0.4, 0.5) is 0 Å². The van der Waals surface area contributed by atoms with E-state index in [1.54, 1.807) is 19.5 Å². The summed E-state index contributed by atoms with van der Waals surface area (Å²) >= 11 is 0. The van der Waals surface area contributed by atoms with Crippen LogP contribution in [0.2, 0.25) is 0 Å². The van der Waals surface area contributed by atoms with Crippen LogP contribution in [0.1, 0.15) is 35.2 Å². The highest BCUT2D eigenvalue weighted by Crippen LogP contribution is 2.26. The molecular weight excluding hydrogens is 360 g/mol. The molecule has 5 nitrogen and oxygen atoms in total. The summed E-state index contributed by atoms with van der Waals surface area (Å²) in [6.45, 7) is 2.17. The minimum Gasteiger partial charge on any atom is -0.399 e. The van der Waals surface area contributed by atoms with Crippen LogP contribution in [0.5, 0.6) is 0 Å². The first-order chi connectivity index (χ1) is 14.3. The van der Waals surface area contributed by atoms with Gasteiger partial charge in [-0.15, -0.1) is 0 Å². The fourth-order valence-electron chi connectivity index (χ4n) is 3.31. The van der Waals surface area contributed by atoms with Crippen molar-refractivity contribution in [1.82, 2.24) is 15.0 Å². The average Bonchev–Trinajstić information content (AvgIpc) is 3.28. The van der Waals surface area contributed by atoms with E-state index >= 15 is 0 Å². The molecule has 2 aromatic carbocycles. The number of nitrogens with one attached hydrogen (secondary N) is 1. The summed E-state index contributed by atoms with van der Waals surface area (Å²) in [7, 11) is 1.57. The number of oxime groups is 1. The molecule has 0 saturated carbocycles. The van der Waals surface area contributed by atoms with Gasteiger partial charge in [0, 0.05) is 46.9 Å². The van der Waals surface area contributed by atoms with Crippen LogP contribution in [-0.2, 0) is 4.84 Å². The molecule has 144 valence electrons. The molecule has 0 aliphatic heterocycles. The second-order valence-electron chi connectivity index (χ2n) is 6.76. The van der Waals surface area contributed by atoms with E-state index in [0.29, 0.717) is 0 Å². The van der Waals surface area contributed by atoms with Crippen molar-refractivity contribution in [2.75, 3.05) is 7.11 Å². The average molecular weight is 382 g/mol. The van der Waals surface area contributed by atoms with Gasteiger partial charge >= 0.3 is 0 Å². The molecule has 2 heterocycles. The Morgan fingerprint density at radius 3 is 2.48 bits per heavy atom. The van der Waals surface area contributed by atoms with Gasteiger partial charge in [0.25, 0.3) is 0 Å². The van der Waals surface area contributed by atoms with Crippen molar-refractivity contribution in [3.8, 4) is 11.4 Å². The van der Waals surface area contributed by atoms with Gasteiger partial charge in [-0.25, -0.2) is 4.98 Å². The number of hydrogen-bond donors (Lipinski definition) is 1. The minimum atomic E-state index is 0.151. The summed E-state index contributed by atoms with van der Waals surface area (Å²) in [5, 5.41) is 4.27. The zero-order chi connectivity index (χ0) is 20.1. The molecule has 4 aromatic rings. The van der Waals surface area contributed by atoms with Crippen molar-refractivity contribution >= 4 is 5.71 Å². The molecule has 0 aliphatic carbocycles. The Labute approximate surface area is 170 Å². The molecule has 0 bridgehead atoms. The molecule has 2 aromatic heterocycles. The lowest BCUT2D eigenvalue weighted by molar-refractivity contribution is 0.214. The van der Waals surface area contributed by atoms with E-state index in [2.05, 4.69) is 51.3 Å². The number of pyridine rings is 1. The van der Waals surface area contributed by atoms with Crippen LogP contribution < -0.4 is 0 Å². The molecule has 0 aliphatic rings. The first-order valence-corrected chi connectivity index (χ1v) is 9.48. The summed E-state index contributed by atoms with van der Waals surface area (Å²) < 4.78 is 0. The molecule has 1 unspecified atom stereocenters. The molecule has 0 spiro atoms. The van der Waals surface area contributed by atoms with E-state index in [1.807, 2.05) is 48.7 Å². The zero-order valence-electron chi connectivity index (χ0n) is 16.4. The maximum atomic E-state index is 5.12. The number of imidazole rings is 1. The molecule has 29 heavy (non-hydrogen) atoms. The lowest BCUT2D eigenvalue weighted by atomic mass is 9.94. The third-order valence-electron chi connectivity index (χ3n) is 4.91. The summed E-state index contributed by atoms with van der Waals surface area (Å²) in [6.07, 6.45) is 5.43. The van der Waals surface area contributed by atoms with Gasteiger partial charge in [-0.1, -0.05) is 60.6 Å². The topological polar surface area (TPSA) is 63.2 Å².